The van der Waals surface area contributed by atoms with E-state index in [1.54, 1.807) is 39.1 Å². The Bertz CT molecular complexity index is 744. The SMILES string of the molecule is CC(C)(C)OC(=O)N1CCC[C@H]1C(=O)Nc1ccc(N2CCNC(=O)C2)nc1. The van der Waals surface area contributed by atoms with Crippen LogP contribution in [0.25, 0.3) is 0 Å². The molecule has 3 amide bonds. The number of carbonyl (C=O) groups is 3. The molecule has 0 aliphatic carbocycles. The van der Waals surface area contributed by atoms with Crippen molar-refractivity contribution in [3.05, 3.63) is 18.3 Å². The van der Waals surface area contributed by atoms with E-state index in [-0.39, 0.29) is 18.4 Å². The molecular weight excluding hydrogens is 362 g/mol. The first-order chi connectivity index (χ1) is 13.2. The minimum Gasteiger partial charge on any atom is -0.444 e. The summed E-state index contributed by atoms with van der Waals surface area (Å²) in [6.45, 7) is 7.45. The van der Waals surface area contributed by atoms with Gasteiger partial charge in [-0.2, -0.15) is 0 Å². The second kappa shape index (κ2) is 8.04. The molecule has 9 heteroatoms. The van der Waals surface area contributed by atoms with Gasteiger partial charge in [-0.15, -0.1) is 0 Å². The highest BCUT2D eigenvalue weighted by atomic mass is 16.6. The molecule has 3 rings (SSSR count). The van der Waals surface area contributed by atoms with Gasteiger partial charge in [0, 0.05) is 19.6 Å². The number of anilines is 2. The summed E-state index contributed by atoms with van der Waals surface area (Å²) in [5, 5.41) is 5.59. The van der Waals surface area contributed by atoms with Crippen LogP contribution in [0.5, 0.6) is 0 Å². The van der Waals surface area contributed by atoms with E-state index >= 15 is 0 Å². The summed E-state index contributed by atoms with van der Waals surface area (Å²) in [7, 11) is 0. The molecule has 0 saturated carbocycles. The number of piperazine rings is 1. The molecule has 1 atom stereocenters. The van der Waals surface area contributed by atoms with Gasteiger partial charge >= 0.3 is 6.09 Å². The van der Waals surface area contributed by atoms with E-state index in [9.17, 15) is 14.4 Å². The van der Waals surface area contributed by atoms with Crippen LogP contribution in [0.1, 0.15) is 33.6 Å². The third-order valence-corrected chi connectivity index (χ3v) is 4.56. The Labute approximate surface area is 164 Å². The van der Waals surface area contributed by atoms with Crippen molar-refractivity contribution in [3.63, 3.8) is 0 Å². The zero-order valence-electron chi connectivity index (χ0n) is 16.5. The highest BCUT2D eigenvalue weighted by molar-refractivity contribution is 5.96. The fraction of sp³-hybridized carbons (Fsp3) is 0.579. The number of nitrogens with one attached hydrogen (secondary N) is 2. The minimum absolute atomic E-state index is 0.0334. The molecule has 0 unspecified atom stereocenters. The molecule has 2 N–H and O–H groups in total. The maximum absolute atomic E-state index is 12.7. The monoisotopic (exact) mass is 389 g/mol. The van der Waals surface area contributed by atoms with E-state index < -0.39 is 17.7 Å². The standard InChI is InChI=1S/C19H27N5O4/c1-19(2,3)28-18(27)24-9-4-5-14(24)17(26)22-13-6-7-15(21-11-13)23-10-8-20-16(25)12-23/h6-7,11,14H,4-5,8-10,12H2,1-3H3,(H,20,25)(H,22,26)/t14-/m0/s1. The van der Waals surface area contributed by atoms with Crippen LogP contribution >= 0.6 is 0 Å². The van der Waals surface area contributed by atoms with Gasteiger partial charge in [-0.1, -0.05) is 0 Å². The lowest BCUT2D eigenvalue weighted by molar-refractivity contribution is -0.121. The Balaban J connectivity index is 1.60. The van der Waals surface area contributed by atoms with Crippen molar-refractivity contribution in [1.82, 2.24) is 15.2 Å². The lowest BCUT2D eigenvalue weighted by atomic mass is 10.2. The number of pyridine rings is 1. The number of likely N-dealkylation sites (tertiary alicyclic amines) is 1. The molecule has 0 spiro atoms. The van der Waals surface area contributed by atoms with Gasteiger partial charge in [0.25, 0.3) is 0 Å². The summed E-state index contributed by atoms with van der Waals surface area (Å²) >= 11 is 0. The number of aromatic nitrogens is 1. The molecule has 1 aromatic rings. The smallest absolute Gasteiger partial charge is 0.410 e. The largest absolute Gasteiger partial charge is 0.444 e. The van der Waals surface area contributed by atoms with Crippen molar-refractivity contribution in [2.75, 3.05) is 36.4 Å². The van der Waals surface area contributed by atoms with Crippen molar-refractivity contribution in [2.45, 2.75) is 45.3 Å². The molecule has 28 heavy (non-hydrogen) atoms. The molecule has 1 aromatic heterocycles. The number of nitrogens with zero attached hydrogens (tertiary/aromatic N) is 3. The van der Waals surface area contributed by atoms with Crippen molar-refractivity contribution < 1.29 is 19.1 Å². The number of hydrogen-bond acceptors (Lipinski definition) is 6. The topological polar surface area (TPSA) is 104 Å². The lowest BCUT2D eigenvalue weighted by Crippen LogP contribution is -2.48. The summed E-state index contributed by atoms with van der Waals surface area (Å²) in [5.74, 6) is 0.397. The molecule has 0 radical (unpaired) electrons. The van der Waals surface area contributed by atoms with Gasteiger partial charge in [0.2, 0.25) is 11.8 Å². The Morgan fingerprint density at radius 1 is 1.29 bits per heavy atom. The average molecular weight is 389 g/mol. The molecule has 152 valence electrons. The zero-order chi connectivity index (χ0) is 20.3. The number of carbonyl (C=O) groups excluding carboxylic acids is 3. The fourth-order valence-electron chi connectivity index (χ4n) is 3.29. The predicted molar refractivity (Wildman–Crippen MR) is 104 cm³/mol. The van der Waals surface area contributed by atoms with Gasteiger partial charge in [0.05, 0.1) is 18.4 Å². The quantitative estimate of drug-likeness (QED) is 0.809. The van der Waals surface area contributed by atoms with Gasteiger partial charge in [-0.3, -0.25) is 14.5 Å². The highest BCUT2D eigenvalue weighted by Gasteiger charge is 2.36. The van der Waals surface area contributed by atoms with Crippen LogP contribution in [-0.4, -0.2) is 65.6 Å². The normalized spacial score (nSPS) is 20.0. The van der Waals surface area contributed by atoms with Crippen molar-refractivity contribution >= 4 is 29.4 Å². The van der Waals surface area contributed by atoms with Crippen LogP contribution in [0.15, 0.2) is 18.3 Å². The molecule has 9 nitrogen and oxygen atoms in total. The van der Waals surface area contributed by atoms with Crippen LogP contribution in [-0.2, 0) is 14.3 Å². The van der Waals surface area contributed by atoms with Gasteiger partial charge in [0.1, 0.15) is 17.5 Å². The van der Waals surface area contributed by atoms with Crippen LogP contribution < -0.4 is 15.5 Å². The molecule has 2 aliphatic heterocycles. The minimum atomic E-state index is -0.605. The van der Waals surface area contributed by atoms with E-state index in [1.807, 2.05) is 4.90 Å². The van der Waals surface area contributed by atoms with Crippen molar-refractivity contribution in [3.8, 4) is 0 Å². The number of amides is 3. The van der Waals surface area contributed by atoms with Crippen LogP contribution in [0.3, 0.4) is 0 Å². The summed E-state index contributed by atoms with van der Waals surface area (Å²) in [6.07, 6.45) is 2.44. The first-order valence-corrected chi connectivity index (χ1v) is 9.51. The van der Waals surface area contributed by atoms with E-state index in [0.29, 0.717) is 37.6 Å². The van der Waals surface area contributed by atoms with Crippen LogP contribution in [0.2, 0.25) is 0 Å². The fourth-order valence-corrected chi connectivity index (χ4v) is 3.29. The van der Waals surface area contributed by atoms with Crippen LogP contribution in [0.4, 0.5) is 16.3 Å². The molecule has 0 aromatic carbocycles. The third-order valence-electron chi connectivity index (χ3n) is 4.56. The van der Waals surface area contributed by atoms with E-state index in [1.165, 1.54) is 4.90 Å². The Hall–Kier alpha value is -2.84. The summed E-state index contributed by atoms with van der Waals surface area (Å²) in [5.41, 5.74) is -0.0579. The maximum atomic E-state index is 12.7. The Kier molecular flexibility index (Phi) is 5.71. The lowest BCUT2D eigenvalue weighted by Gasteiger charge is -2.28. The van der Waals surface area contributed by atoms with Crippen molar-refractivity contribution in [2.24, 2.45) is 0 Å². The van der Waals surface area contributed by atoms with Crippen LogP contribution in [0, 0.1) is 0 Å². The summed E-state index contributed by atoms with van der Waals surface area (Å²) in [4.78, 5) is 44.2. The summed E-state index contributed by atoms with van der Waals surface area (Å²) < 4.78 is 5.40. The Morgan fingerprint density at radius 3 is 2.71 bits per heavy atom. The van der Waals surface area contributed by atoms with Gasteiger partial charge in [-0.05, 0) is 45.7 Å². The van der Waals surface area contributed by atoms with Crippen molar-refractivity contribution in [1.29, 1.82) is 0 Å². The first-order valence-electron chi connectivity index (χ1n) is 9.51. The number of rotatable bonds is 3. The maximum Gasteiger partial charge on any atom is 0.410 e. The second-order valence-electron chi connectivity index (χ2n) is 8.00. The van der Waals surface area contributed by atoms with Gasteiger partial charge in [-0.25, -0.2) is 9.78 Å². The van der Waals surface area contributed by atoms with Gasteiger partial charge in [0.15, 0.2) is 0 Å². The molecule has 0 bridgehead atoms. The first kappa shape index (κ1) is 19.9. The van der Waals surface area contributed by atoms with E-state index in [2.05, 4.69) is 15.6 Å². The van der Waals surface area contributed by atoms with E-state index in [4.69, 9.17) is 4.74 Å². The third kappa shape index (κ3) is 4.90. The summed E-state index contributed by atoms with van der Waals surface area (Å²) in [6, 6.07) is 2.97. The Morgan fingerprint density at radius 2 is 2.07 bits per heavy atom. The molecular formula is C19H27N5O4. The van der Waals surface area contributed by atoms with E-state index in [0.717, 1.165) is 6.42 Å². The second-order valence-corrected chi connectivity index (χ2v) is 8.00. The predicted octanol–water partition coefficient (Wildman–Crippen LogP) is 1.36. The molecule has 2 saturated heterocycles. The molecule has 2 aliphatic rings. The molecule has 2 fully saturated rings. The number of ether oxygens (including phenoxy) is 1. The highest BCUT2D eigenvalue weighted by Crippen LogP contribution is 2.22. The van der Waals surface area contributed by atoms with Gasteiger partial charge < -0.3 is 20.3 Å². The zero-order valence-corrected chi connectivity index (χ0v) is 16.5. The number of hydrogen-bond donors (Lipinski definition) is 2. The molecule has 3 heterocycles. The average Bonchev–Trinajstić information content (AvgIpc) is 3.11.